The van der Waals surface area contributed by atoms with Gasteiger partial charge in [-0.3, -0.25) is 4.79 Å². The molecule has 112 valence electrons. The highest BCUT2D eigenvalue weighted by Crippen LogP contribution is 2.23. The molecule has 0 bridgehead atoms. The van der Waals surface area contributed by atoms with Gasteiger partial charge in [-0.25, -0.2) is 0 Å². The highest BCUT2D eigenvalue weighted by Gasteiger charge is 2.11. The number of benzene rings is 2. The lowest BCUT2D eigenvalue weighted by atomic mass is 9.93. The van der Waals surface area contributed by atoms with Crippen LogP contribution >= 0.6 is 0 Å². The van der Waals surface area contributed by atoms with E-state index in [1.165, 1.54) is 0 Å². The van der Waals surface area contributed by atoms with Crippen LogP contribution in [-0.4, -0.2) is 12.9 Å². The Labute approximate surface area is 131 Å². The molecule has 0 amide bonds. The van der Waals surface area contributed by atoms with Gasteiger partial charge in [-0.2, -0.15) is 0 Å². The molecule has 1 atom stereocenters. The first-order valence-corrected chi connectivity index (χ1v) is 7.25. The minimum Gasteiger partial charge on any atom is -0.497 e. The number of ether oxygens (including phenoxy) is 1. The molecular formula is C20H20O2. The molecule has 0 saturated heterocycles. The summed E-state index contributed by atoms with van der Waals surface area (Å²) in [4.78, 5) is 12.1. The maximum atomic E-state index is 12.1. The molecule has 0 N–H and O–H groups in total. The predicted octanol–water partition coefficient (Wildman–Crippen LogP) is 4.64. The van der Waals surface area contributed by atoms with Crippen LogP contribution in [0, 0.1) is 0 Å². The van der Waals surface area contributed by atoms with Gasteiger partial charge in [0, 0.05) is 12.3 Å². The summed E-state index contributed by atoms with van der Waals surface area (Å²) in [5.74, 6) is 0.908. The van der Waals surface area contributed by atoms with Crippen LogP contribution in [0.3, 0.4) is 0 Å². The van der Waals surface area contributed by atoms with E-state index >= 15 is 0 Å². The average molecular weight is 292 g/mol. The Bertz CT molecular complexity index is 639. The van der Waals surface area contributed by atoms with Crippen molar-refractivity contribution in [1.29, 1.82) is 0 Å². The second-order valence-corrected chi connectivity index (χ2v) is 5.03. The van der Waals surface area contributed by atoms with Crippen molar-refractivity contribution in [2.75, 3.05) is 7.11 Å². The molecule has 0 fully saturated rings. The van der Waals surface area contributed by atoms with Crippen molar-refractivity contribution in [3.05, 3.63) is 84.5 Å². The second-order valence-electron chi connectivity index (χ2n) is 5.03. The molecule has 0 saturated carbocycles. The third-order valence-corrected chi connectivity index (χ3v) is 3.51. The molecule has 0 aromatic heterocycles. The van der Waals surface area contributed by atoms with Gasteiger partial charge in [-0.1, -0.05) is 54.6 Å². The quantitative estimate of drug-likeness (QED) is 0.549. The molecule has 0 unspecified atom stereocenters. The molecule has 0 heterocycles. The number of methoxy groups -OCH3 is 1. The normalized spacial score (nSPS) is 12.0. The summed E-state index contributed by atoms with van der Waals surface area (Å²) in [5, 5.41) is 0. The fourth-order valence-electron chi connectivity index (χ4n) is 2.23. The fraction of sp³-hybridized carbons (Fsp3) is 0.150. The molecular weight excluding hydrogens is 272 g/mol. The smallest absolute Gasteiger partial charge is 0.156 e. The Balaban J connectivity index is 2.01. The van der Waals surface area contributed by atoms with Crippen LogP contribution in [0.2, 0.25) is 0 Å². The molecule has 22 heavy (non-hydrogen) atoms. The molecule has 0 aliphatic rings. The number of carbonyl (C=O) groups excluding carboxylic acids is 1. The second kappa shape index (κ2) is 7.99. The van der Waals surface area contributed by atoms with Crippen LogP contribution in [-0.2, 0) is 4.79 Å². The number of hydrogen-bond acceptors (Lipinski definition) is 2. The summed E-state index contributed by atoms with van der Waals surface area (Å²) in [5.41, 5.74) is 2.09. The van der Waals surface area contributed by atoms with Crippen molar-refractivity contribution in [3.8, 4) is 5.75 Å². The van der Waals surface area contributed by atoms with E-state index in [2.05, 4.69) is 6.58 Å². The lowest BCUT2D eigenvalue weighted by Gasteiger charge is -2.11. The first kappa shape index (κ1) is 15.8. The zero-order valence-electron chi connectivity index (χ0n) is 12.7. The molecule has 2 heteroatoms. The van der Waals surface area contributed by atoms with E-state index in [4.69, 9.17) is 4.74 Å². The Morgan fingerprint density at radius 1 is 1.14 bits per heavy atom. The lowest BCUT2D eigenvalue weighted by Crippen LogP contribution is -2.02. The maximum absolute atomic E-state index is 12.1. The van der Waals surface area contributed by atoms with E-state index in [1.54, 1.807) is 13.2 Å². The van der Waals surface area contributed by atoms with Crippen molar-refractivity contribution in [1.82, 2.24) is 0 Å². The van der Waals surface area contributed by atoms with Crippen LogP contribution in [0.5, 0.6) is 5.75 Å². The van der Waals surface area contributed by atoms with Gasteiger partial charge < -0.3 is 4.74 Å². The Kier molecular flexibility index (Phi) is 5.73. The Morgan fingerprint density at radius 3 is 2.41 bits per heavy atom. The first-order chi connectivity index (χ1) is 10.7. The van der Waals surface area contributed by atoms with Crippen molar-refractivity contribution >= 4 is 11.9 Å². The van der Waals surface area contributed by atoms with Crippen LogP contribution in [0.25, 0.3) is 6.08 Å². The molecule has 2 aromatic rings. The van der Waals surface area contributed by atoms with Crippen LogP contribution < -0.4 is 4.74 Å². The monoisotopic (exact) mass is 292 g/mol. The molecule has 2 rings (SSSR count). The van der Waals surface area contributed by atoms with E-state index in [-0.39, 0.29) is 11.7 Å². The van der Waals surface area contributed by atoms with E-state index in [0.29, 0.717) is 6.42 Å². The molecule has 0 radical (unpaired) electrons. The van der Waals surface area contributed by atoms with Crippen molar-refractivity contribution in [3.63, 3.8) is 0 Å². The largest absolute Gasteiger partial charge is 0.497 e. The molecule has 0 spiro atoms. The number of hydrogen-bond donors (Lipinski definition) is 0. The lowest BCUT2D eigenvalue weighted by molar-refractivity contribution is -0.114. The maximum Gasteiger partial charge on any atom is 0.156 e. The minimum absolute atomic E-state index is 0.0128. The van der Waals surface area contributed by atoms with Gasteiger partial charge in [-0.05, 0) is 29.3 Å². The Morgan fingerprint density at radius 2 is 1.82 bits per heavy atom. The highest BCUT2D eigenvalue weighted by molar-refractivity contribution is 5.94. The van der Waals surface area contributed by atoms with Gasteiger partial charge in [0.2, 0.25) is 0 Å². The van der Waals surface area contributed by atoms with Gasteiger partial charge in [0.25, 0.3) is 0 Å². The van der Waals surface area contributed by atoms with Crippen molar-refractivity contribution < 1.29 is 9.53 Å². The molecule has 0 aliphatic heterocycles. The molecule has 2 aromatic carbocycles. The standard InChI is InChI=1S/C20H20O2/c1-3-17(18-10-13-20(22-2)14-11-18)15-19(21)12-9-16-7-5-4-6-8-16/h3-14,17H,1,15H2,2H3/b12-9+/t17-/m0/s1. The van der Waals surface area contributed by atoms with Crippen molar-refractivity contribution in [2.24, 2.45) is 0 Å². The zero-order valence-corrected chi connectivity index (χ0v) is 12.7. The zero-order chi connectivity index (χ0) is 15.8. The van der Waals surface area contributed by atoms with E-state index in [9.17, 15) is 4.79 Å². The summed E-state index contributed by atoms with van der Waals surface area (Å²) in [7, 11) is 1.64. The number of ketones is 1. The van der Waals surface area contributed by atoms with Crippen LogP contribution in [0.4, 0.5) is 0 Å². The average Bonchev–Trinajstić information content (AvgIpc) is 2.59. The number of rotatable bonds is 7. The van der Waals surface area contributed by atoms with Gasteiger partial charge in [0.05, 0.1) is 7.11 Å². The molecule has 0 aliphatic carbocycles. The third-order valence-electron chi connectivity index (χ3n) is 3.51. The number of allylic oxidation sites excluding steroid dienone is 2. The van der Waals surface area contributed by atoms with Crippen LogP contribution in [0.15, 0.2) is 73.3 Å². The number of carbonyl (C=O) groups is 1. The summed E-state index contributed by atoms with van der Waals surface area (Å²) < 4.78 is 5.15. The van der Waals surface area contributed by atoms with Gasteiger partial charge in [0.1, 0.15) is 5.75 Å². The van der Waals surface area contributed by atoms with Crippen LogP contribution in [0.1, 0.15) is 23.5 Å². The van der Waals surface area contributed by atoms with Gasteiger partial charge in [-0.15, -0.1) is 6.58 Å². The Hall–Kier alpha value is -2.61. The minimum atomic E-state index is 0.0128. The SMILES string of the molecule is C=C[C@@H](CC(=O)/C=C/c1ccccc1)c1ccc(OC)cc1. The first-order valence-electron chi connectivity index (χ1n) is 7.25. The third kappa shape index (κ3) is 4.45. The fourth-order valence-corrected chi connectivity index (χ4v) is 2.23. The van der Waals surface area contributed by atoms with Gasteiger partial charge in [0.15, 0.2) is 5.78 Å². The topological polar surface area (TPSA) is 26.3 Å². The van der Waals surface area contributed by atoms with Gasteiger partial charge >= 0.3 is 0 Å². The van der Waals surface area contributed by atoms with Crippen molar-refractivity contribution in [2.45, 2.75) is 12.3 Å². The van der Waals surface area contributed by atoms with E-state index in [0.717, 1.165) is 16.9 Å². The summed E-state index contributed by atoms with van der Waals surface area (Å²) in [6.45, 7) is 3.84. The summed E-state index contributed by atoms with van der Waals surface area (Å²) >= 11 is 0. The summed E-state index contributed by atoms with van der Waals surface area (Å²) in [6, 6.07) is 17.5. The summed E-state index contributed by atoms with van der Waals surface area (Å²) in [6.07, 6.45) is 5.71. The van der Waals surface area contributed by atoms with E-state index < -0.39 is 0 Å². The molecule has 2 nitrogen and oxygen atoms in total. The predicted molar refractivity (Wildman–Crippen MR) is 91.0 cm³/mol. The highest BCUT2D eigenvalue weighted by atomic mass is 16.5. The van der Waals surface area contributed by atoms with E-state index in [1.807, 2.05) is 66.7 Å².